The molecule has 0 aliphatic rings. The van der Waals surface area contributed by atoms with E-state index in [1.165, 1.54) is 63.6 Å². The number of ketones is 1. The number of nitrogens with one attached hydrogen (secondary N) is 3. The number of ether oxygens (including phenoxy) is 1. The molecule has 0 aliphatic heterocycles. The number of hydrogen-bond donors (Lipinski definition) is 3. The van der Waals surface area contributed by atoms with E-state index < -0.39 is 53.7 Å². The summed E-state index contributed by atoms with van der Waals surface area (Å²) in [5, 5.41) is 16.8. The monoisotopic (exact) mass is 609 g/mol. The predicted molar refractivity (Wildman–Crippen MR) is 152 cm³/mol. The number of carbonyl (C=O) groups excluding carboxylic acids is 4. The highest BCUT2D eigenvalue weighted by atomic mass is 19.4. The van der Waals surface area contributed by atoms with Crippen molar-refractivity contribution in [3.8, 4) is 11.8 Å². The number of nitrogens with zero attached hydrogens (tertiary/aromatic N) is 2. The first-order valence-electron chi connectivity index (χ1n) is 13.4. The molecular weight excluding hydrogens is 579 g/mol. The van der Waals surface area contributed by atoms with Crippen molar-refractivity contribution >= 4 is 23.5 Å². The van der Waals surface area contributed by atoms with Gasteiger partial charge in [-0.25, -0.2) is 0 Å². The molecular formula is C31H30F3N5O5. The first kappa shape index (κ1) is 33.3. The maximum absolute atomic E-state index is 13.8. The SMILES string of the molecule is COc1ccc(C(NC(=O)C(Cc2ccccc2C#N)NC(=O)c2ccccn2)C(=O)N[C@H](C(=O)C(F)(F)F)C(C)C)cc1. The van der Waals surface area contributed by atoms with Crippen molar-refractivity contribution in [2.45, 2.75) is 44.6 Å². The number of halogens is 3. The number of alkyl halides is 3. The van der Waals surface area contributed by atoms with Gasteiger partial charge in [-0.15, -0.1) is 0 Å². The van der Waals surface area contributed by atoms with Crippen molar-refractivity contribution in [2.75, 3.05) is 7.11 Å². The standard InChI is InChI=1S/C31H30F3N5O5/c1-18(2)25(27(40)31(32,33)34)38-30(43)26(19-11-13-22(44-3)14-12-19)39-29(42)24(16-20-8-4-5-9-21(20)17-35)37-28(41)23-10-6-7-15-36-23/h4-15,18,24-26H,16H2,1-3H3,(H,37,41)(H,38,43)(H,39,42)/t24?,25-,26?/m0/s1. The van der Waals surface area contributed by atoms with Crippen molar-refractivity contribution < 1.29 is 37.1 Å². The zero-order valence-electron chi connectivity index (χ0n) is 24.0. The van der Waals surface area contributed by atoms with E-state index in [4.69, 9.17) is 4.74 Å². The fourth-order valence-corrected chi connectivity index (χ4v) is 4.25. The van der Waals surface area contributed by atoms with Gasteiger partial charge < -0.3 is 20.7 Å². The van der Waals surface area contributed by atoms with Gasteiger partial charge in [-0.1, -0.05) is 50.2 Å². The van der Waals surface area contributed by atoms with Crippen LogP contribution in [0, 0.1) is 17.2 Å². The van der Waals surface area contributed by atoms with Crippen molar-refractivity contribution in [1.29, 1.82) is 5.26 Å². The Hall–Kier alpha value is -5.25. The molecule has 230 valence electrons. The number of Topliss-reactive ketones (excluding diaryl/α,β-unsaturated/α-hetero) is 1. The third kappa shape index (κ3) is 8.64. The van der Waals surface area contributed by atoms with Crippen LogP contribution in [0.2, 0.25) is 0 Å². The summed E-state index contributed by atoms with van der Waals surface area (Å²) in [6.07, 6.45) is -4.01. The first-order valence-corrected chi connectivity index (χ1v) is 13.4. The van der Waals surface area contributed by atoms with Crippen LogP contribution >= 0.6 is 0 Å². The number of carbonyl (C=O) groups is 4. The van der Waals surface area contributed by atoms with E-state index >= 15 is 0 Å². The molecule has 0 bridgehead atoms. The fourth-order valence-electron chi connectivity index (χ4n) is 4.25. The van der Waals surface area contributed by atoms with Crippen LogP contribution in [0.3, 0.4) is 0 Å². The molecule has 3 atom stereocenters. The van der Waals surface area contributed by atoms with E-state index in [0.29, 0.717) is 11.3 Å². The highest BCUT2D eigenvalue weighted by Gasteiger charge is 2.45. The van der Waals surface area contributed by atoms with Gasteiger partial charge in [0.25, 0.3) is 11.7 Å². The maximum Gasteiger partial charge on any atom is 0.452 e. The lowest BCUT2D eigenvalue weighted by molar-refractivity contribution is -0.175. The van der Waals surface area contributed by atoms with E-state index in [9.17, 15) is 37.6 Å². The van der Waals surface area contributed by atoms with Crippen LogP contribution < -0.4 is 20.7 Å². The summed E-state index contributed by atoms with van der Waals surface area (Å²) < 4.78 is 45.1. The zero-order valence-corrected chi connectivity index (χ0v) is 24.0. The Balaban J connectivity index is 1.99. The molecule has 3 N–H and O–H groups in total. The average molecular weight is 610 g/mol. The molecule has 3 amide bonds. The molecule has 0 saturated heterocycles. The minimum atomic E-state index is -5.21. The van der Waals surface area contributed by atoms with Gasteiger partial charge in [0.1, 0.15) is 23.5 Å². The quantitative estimate of drug-likeness (QED) is 0.285. The number of methoxy groups -OCH3 is 1. The second-order valence-corrected chi connectivity index (χ2v) is 10.0. The highest BCUT2D eigenvalue weighted by Crippen LogP contribution is 2.23. The summed E-state index contributed by atoms with van der Waals surface area (Å²) in [6, 6.07) is 13.9. The van der Waals surface area contributed by atoms with Crippen molar-refractivity contribution in [3.63, 3.8) is 0 Å². The molecule has 3 aromatic rings. The molecule has 0 saturated carbocycles. The van der Waals surface area contributed by atoms with Crippen molar-refractivity contribution in [2.24, 2.45) is 5.92 Å². The molecule has 44 heavy (non-hydrogen) atoms. The number of rotatable bonds is 12. The third-order valence-electron chi connectivity index (χ3n) is 6.61. The number of aromatic nitrogens is 1. The smallest absolute Gasteiger partial charge is 0.452 e. The van der Waals surface area contributed by atoms with Crippen molar-refractivity contribution in [3.05, 3.63) is 95.3 Å². The van der Waals surface area contributed by atoms with Crippen LogP contribution in [0.25, 0.3) is 0 Å². The molecule has 13 heteroatoms. The van der Waals surface area contributed by atoms with E-state index in [1.807, 2.05) is 6.07 Å². The van der Waals surface area contributed by atoms with Gasteiger partial charge >= 0.3 is 6.18 Å². The second kappa shape index (κ2) is 14.8. The van der Waals surface area contributed by atoms with Crippen LogP contribution in [-0.4, -0.2) is 53.9 Å². The summed E-state index contributed by atoms with van der Waals surface area (Å²) in [6.45, 7) is 2.68. The predicted octanol–water partition coefficient (Wildman–Crippen LogP) is 3.43. The zero-order chi connectivity index (χ0) is 32.4. The molecule has 0 spiro atoms. The normalized spacial score (nSPS) is 13.1. The average Bonchev–Trinajstić information content (AvgIpc) is 3.01. The number of amides is 3. The summed E-state index contributed by atoms with van der Waals surface area (Å²) in [5.41, 5.74) is 0.810. The van der Waals surface area contributed by atoms with E-state index in [-0.39, 0.29) is 23.2 Å². The summed E-state index contributed by atoms with van der Waals surface area (Å²) in [5.74, 6) is -5.38. The Labute approximate surface area is 251 Å². The van der Waals surface area contributed by atoms with E-state index in [1.54, 1.807) is 30.3 Å². The van der Waals surface area contributed by atoms with E-state index in [2.05, 4.69) is 20.9 Å². The third-order valence-corrected chi connectivity index (χ3v) is 6.61. The Morgan fingerprint density at radius 2 is 1.57 bits per heavy atom. The second-order valence-electron chi connectivity index (χ2n) is 10.0. The minimum Gasteiger partial charge on any atom is -0.497 e. The van der Waals surface area contributed by atoms with Gasteiger partial charge in [-0.2, -0.15) is 18.4 Å². The molecule has 0 radical (unpaired) electrons. The van der Waals surface area contributed by atoms with Gasteiger partial charge in [0.15, 0.2) is 0 Å². The van der Waals surface area contributed by atoms with Crippen LogP contribution in [0.15, 0.2) is 72.9 Å². The summed E-state index contributed by atoms with van der Waals surface area (Å²) in [7, 11) is 1.41. The molecule has 2 unspecified atom stereocenters. The number of hydrogen-bond acceptors (Lipinski definition) is 7. The Morgan fingerprint density at radius 3 is 2.14 bits per heavy atom. The molecule has 3 rings (SSSR count). The molecule has 0 aliphatic carbocycles. The van der Waals surface area contributed by atoms with Gasteiger partial charge in [0, 0.05) is 12.6 Å². The molecule has 10 nitrogen and oxygen atoms in total. The minimum absolute atomic E-state index is 0.00578. The Bertz CT molecular complexity index is 1520. The first-order chi connectivity index (χ1) is 20.8. The lowest BCUT2D eigenvalue weighted by Crippen LogP contribution is -2.55. The van der Waals surface area contributed by atoms with Crippen molar-refractivity contribution in [1.82, 2.24) is 20.9 Å². The topological polar surface area (TPSA) is 150 Å². The van der Waals surface area contributed by atoms with Crippen LogP contribution in [-0.2, 0) is 20.8 Å². The molecule has 2 aromatic carbocycles. The molecule has 1 heterocycles. The Morgan fingerprint density at radius 1 is 0.909 bits per heavy atom. The molecule has 1 aromatic heterocycles. The number of benzene rings is 2. The summed E-state index contributed by atoms with van der Waals surface area (Å²) in [4.78, 5) is 56.3. The van der Waals surface area contributed by atoms with Gasteiger partial charge in [0.05, 0.1) is 24.8 Å². The number of pyridine rings is 1. The lowest BCUT2D eigenvalue weighted by Gasteiger charge is -2.27. The van der Waals surface area contributed by atoms with Gasteiger partial charge in [-0.05, 0) is 47.4 Å². The van der Waals surface area contributed by atoms with Crippen LogP contribution in [0.1, 0.15) is 47.1 Å². The lowest BCUT2D eigenvalue weighted by atomic mass is 9.97. The summed E-state index contributed by atoms with van der Waals surface area (Å²) >= 11 is 0. The maximum atomic E-state index is 13.8. The highest BCUT2D eigenvalue weighted by molar-refractivity contribution is 5.98. The largest absolute Gasteiger partial charge is 0.497 e. The number of nitriles is 1. The van der Waals surface area contributed by atoms with E-state index in [0.717, 1.165) is 0 Å². The van der Waals surface area contributed by atoms with Gasteiger partial charge in [0.2, 0.25) is 11.8 Å². The molecule has 0 fully saturated rings. The Kier molecular flexibility index (Phi) is 11.2. The van der Waals surface area contributed by atoms with Crippen LogP contribution in [0.5, 0.6) is 5.75 Å². The fraction of sp³-hybridized carbons (Fsp3) is 0.290. The van der Waals surface area contributed by atoms with Gasteiger partial charge in [-0.3, -0.25) is 24.2 Å². The van der Waals surface area contributed by atoms with Crippen LogP contribution in [0.4, 0.5) is 13.2 Å².